The van der Waals surface area contributed by atoms with Crippen LogP contribution in [-0.4, -0.2) is 26.9 Å². The SMILES string of the molecule is CCC(C)(C)NC(=O)C(C)Sc1nnc(-c2ccc(C(C)(C)C)cc2)o1. The summed E-state index contributed by atoms with van der Waals surface area (Å²) in [6.07, 6.45) is 0.866. The molecule has 0 saturated heterocycles. The number of nitrogens with zero attached hydrogens (tertiary/aromatic N) is 2. The molecule has 0 radical (unpaired) electrons. The Balaban J connectivity index is 2.04. The van der Waals surface area contributed by atoms with Gasteiger partial charge in [0.25, 0.3) is 5.22 Å². The number of thioether (sulfide) groups is 1. The van der Waals surface area contributed by atoms with Gasteiger partial charge in [0, 0.05) is 11.1 Å². The summed E-state index contributed by atoms with van der Waals surface area (Å²) in [6.45, 7) is 14.4. The summed E-state index contributed by atoms with van der Waals surface area (Å²) in [5.74, 6) is 0.436. The van der Waals surface area contributed by atoms with E-state index in [1.165, 1.54) is 17.3 Å². The van der Waals surface area contributed by atoms with Crippen molar-refractivity contribution >= 4 is 17.7 Å². The van der Waals surface area contributed by atoms with Gasteiger partial charge < -0.3 is 9.73 Å². The monoisotopic (exact) mass is 375 g/mol. The lowest BCUT2D eigenvalue weighted by Gasteiger charge is -2.25. The van der Waals surface area contributed by atoms with Gasteiger partial charge in [0.15, 0.2) is 0 Å². The molecule has 1 amide bonds. The molecule has 0 bridgehead atoms. The minimum absolute atomic E-state index is 0.0314. The van der Waals surface area contributed by atoms with E-state index in [-0.39, 0.29) is 22.1 Å². The zero-order chi connectivity index (χ0) is 19.5. The number of benzene rings is 1. The highest BCUT2D eigenvalue weighted by Crippen LogP contribution is 2.28. The third kappa shape index (κ3) is 5.34. The molecule has 5 nitrogen and oxygen atoms in total. The summed E-state index contributed by atoms with van der Waals surface area (Å²) in [6, 6.07) is 8.13. The molecule has 0 aliphatic rings. The lowest BCUT2D eigenvalue weighted by atomic mass is 9.87. The molecule has 1 atom stereocenters. The van der Waals surface area contributed by atoms with E-state index in [0.29, 0.717) is 11.1 Å². The van der Waals surface area contributed by atoms with E-state index in [1.807, 2.05) is 39.8 Å². The van der Waals surface area contributed by atoms with E-state index in [0.717, 1.165) is 12.0 Å². The maximum Gasteiger partial charge on any atom is 0.277 e. The topological polar surface area (TPSA) is 68.0 Å². The molecular formula is C20H29N3O2S. The van der Waals surface area contributed by atoms with E-state index in [2.05, 4.69) is 48.4 Å². The molecule has 142 valence electrons. The van der Waals surface area contributed by atoms with Crippen LogP contribution in [0, 0.1) is 0 Å². The number of amides is 1. The van der Waals surface area contributed by atoms with Crippen LogP contribution in [-0.2, 0) is 10.2 Å². The molecule has 1 aromatic heterocycles. The lowest BCUT2D eigenvalue weighted by molar-refractivity contribution is -0.121. The lowest BCUT2D eigenvalue weighted by Crippen LogP contribution is -2.46. The van der Waals surface area contributed by atoms with Gasteiger partial charge in [-0.1, -0.05) is 51.6 Å². The third-order valence-corrected chi connectivity index (χ3v) is 5.33. The van der Waals surface area contributed by atoms with E-state index in [1.54, 1.807) is 0 Å². The molecular weight excluding hydrogens is 346 g/mol. The zero-order valence-electron chi connectivity index (χ0n) is 16.7. The summed E-state index contributed by atoms with van der Waals surface area (Å²) in [7, 11) is 0. The normalized spacial score (nSPS) is 13.5. The van der Waals surface area contributed by atoms with Crippen molar-refractivity contribution in [2.75, 3.05) is 0 Å². The third-order valence-electron chi connectivity index (χ3n) is 4.40. The average Bonchev–Trinajstić information content (AvgIpc) is 3.02. The highest BCUT2D eigenvalue weighted by molar-refractivity contribution is 8.00. The molecule has 0 fully saturated rings. The molecule has 1 unspecified atom stereocenters. The summed E-state index contributed by atoms with van der Waals surface area (Å²) in [5.41, 5.74) is 2.00. The Morgan fingerprint density at radius 3 is 2.31 bits per heavy atom. The second-order valence-corrected chi connectivity index (χ2v) is 9.48. The van der Waals surface area contributed by atoms with Crippen LogP contribution in [0.1, 0.15) is 60.5 Å². The first-order valence-electron chi connectivity index (χ1n) is 8.95. The minimum Gasteiger partial charge on any atom is -0.411 e. The largest absolute Gasteiger partial charge is 0.411 e. The Kier molecular flexibility index (Phi) is 6.17. The predicted molar refractivity (Wildman–Crippen MR) is 106 cm³/mol. The van der Waals surface area contributed by atoms with Gasteiger partial charge in [-0.3, -0.25) is 4.79 Å². The van der Waals surface area contributed by atoms with Crippen molar-refractivity contribution in [2.45, 2.75) is 76.3 Å². The average molecular weight is 376 g/mol. The van der Waals surface area contributed by atoms with Crippen molar-refractivity contribution in [1.29, 1.82) is 0 Å². The smallest absolute Gasteiger partial charge is 0.277 e. The Morgan fingerprint density at radius 1 is 1.15 bits per heavy atom. The second kappa shape index (κ2) is 7.82. The standard InChI is InChI=1S/C20H29N3O2S/c1-8-20(6,7)21-16(24)13(2)26-18-23-22-17(25-18)14-9-11-15(12-10-14)19(3,4)5/h9-13H,8H2,1-7H3,(H,21,24). The van der Waals surface area contributed by atoms with Gasteiger partial charge in [-0.25, -0.2) is 0 Å². The van der Waals surface area contributed by atoms with Crippen molar-refractivity contribution in [3.05, 3.63) is 29.8 Å². The van der Waals surface area contributed by atoms with Gasteiger partial charge >= 0.3 is 0 Å². The summed E-state index contributed by atoms with van der Waals surface area (Å²) in [5, 5.41) is 11.3. The van der Waals surface area contributed by atoms with Crippen molar-refractivity contribution in [3.8, 4) is 11.5 Å². The van der Waals surface area contributed by atoms with Crippen molar-refractivity contribution in [3.63, 3.8) is 0 Å². The number of carbonyl (C=O) groups is 1. The number of hydrogen-bond donors (Lipinski definition) is 1. The Bertz CT molecular complexity index is 745. The van der Waals surface area contributed by atoms with Gasteiger partial charge in [-0.2, -0.15) is 0 Å². The highest BCUT2D eigenvalue weighted by atomic mass is 32.2. The van der Waals surface area contributed by atoms with Crippen LogP contribution in [0.25, 0.3) is 11.5 Å². The Hall–Kier alpha value is -1.82. The molecule has 0 aliphatic heterocycles. The van der Waals surface area contributed by atoms with Crippen molar-refractivity contribution in [2.24, 2.45) is 0 Å². The number of rotatable bonds is 6. The van der Waals surface area contributed by atoms with Crippen molar-refractivity contribution < 1.29 is 9.21 Å². The zero-order valence-corrected chi connectivity index (χ0v) is 17.5. The van der Waals surface area contributed by atoms with E-state index in [4.69, 9.17) is 4.42 Å². The molecule has 2 aromatic rings. The molecule has 0 spiro atoms. The highest BCUT2D eigenvalue weighted by Gasteiger charge is 2.24. The number of carbonyl (C=O) groups excluding carboxylic acids is 1. The van der Waals surface area contributed by atoms with Crippen LogP contribution < -0.4 is 5.32 Å². The molecule has 1 heterocycles. The first kappa shape index (κ1) is 20.5. The van der Waals surface area contributed by atoms with Crippen LogP contribution >= 0.6 is 11.8 Å². The Labute approximate surface area is 160 Å². The fourth-order valence-electron chi connectivity index (χ4n) is 2.22. The summed E-state index contributed by atoms with van der Waals surface area (Å²) < 4.78 is 5.73. The summed E-state index contributed by atoms with van der Waals surface area (Å²) >= 11 is 1.27. The van der Waals surface area contributed by atoms with Gasteiger partial charge in [0.2, 0.25) is 11.8 Å². The fourth-order valence-corrected chi connectivity index (χ4v) is 2.90. The van der Waals surface area contributed by atoms with E-state index in [9.17, 15) is 4.79 Å². The number of hydrogen-bond acceptors (Lipinski definition) is 5. The summed E-state index contributed by atoms with van der Waals surface area (Å²) in [4.78, 5) is 12.3. The van der Waals surface area contributed by atoms with Crippen LogP contribution in [0.2, 0.25) is 0 Å². The maximum atomic E-state index is 12.3. The molecule has 1 aromatic carbocycles. The van der Waals surface area contributed by atoms with Gasteiger partial charge in [-0.05, 0) is 50.3 Å². The molecule has 1 N–H and O–H groups in total. The van der Waals surface area contributed by atoms with Crippen LogP contribution in [0.3, 0.4) is 0 Å². The minimum atomic E-state index is -0.308. The maximum absolute atomic E-state index is 12.3. The second-order valence-electron chi connectivity index (χ2n) is 8.19. The van der Waals surface area contributed by atoms with Gasteiger partial charge in [-0.15, -0.1) is 10.2 Å². The van der Waals surface area contributed by atoms with Gasteiger partial charge in [0.05, 0.1) is 5.25 Å². The number of aromatic nitrogens is 2. The van der Waals surface area contributed by atoms with Crippen LogP contribution in [0.5, 0.6) is 0 Å². The predicted octanol–water partition coefficient (Wildman–Crippen LogP) is 4.82. The Morgan fingerprint density at radius 2 is 1.77 bits per heavy atom. The quantitative estimate of drug-likeness (QED) is 0.733. The molecule has 0 aliphatic carbocycles. The molecule has 6 heteroatoms. The molecule has 0 saturated carbocycles. The van der Waals surface area contributed by atoms with E-state index >= 15 is 0 Å². The fraction of sp³-hybridized carbons (Fsp3) is 0.550. The van der Waals surface area contributed by atoms with Gasteiger partial charge in [0.1, 0.15) is 0 Å². The van der Waals surface area contributed by atoms with Crippen LogP contribution in [0.4, 0.5) is 0 Å². The van der Waals surface area contributed by atoms with Crippen LogP contribution in [0.15, 0.2) is 33.9 Å². The van der Waals surface area contributed by atoms with Crippen molar-refractivity contribution in [1.82, 2.24) is 15.5 Å². The first-order valence-corrected chi connectivity index (χ1v) is 9.83. The van der Waals surface area contributed by atoms with E-state index < -0.39 is 0 Å². The molecule has 2 rings (SSSR count). The first-order chi connectivity index (χ1) is 12.0. The molecule has 26 heavy (non-hydrogen) atoms. The number of nitrogens with one attached hydrogen (secondary N) is 1.